The molecule has 2 N–H and O–H groups in total. The third kappa shape index (κ3) is 2.77. The van der Waals surface area contributed by atoms with Gasteiger partial charge in [0, 0.05) is 11.6 Å². The molecule has 0 amide bonds. The predicted molar refractivity (Wildman–Crippen MR) is 73.4 cm³/mol. The number of nitro benzene ring substituents is 2. The molecule has 1 aromatic rings. The van der Waals surface area contributed by atoms with Crippen molar-refractivity contribution in [1.29, 1.82) is 0 Å². The van der Waals surface area contributed by atoms with Crippen LogP contribution in [0.3, 0.4) is 0 Å². The summed E-state index contributed by atoms with van der Waals surface area (Å²) in [4.78, 5) is 20.7. The van der Waals surface area contributed by atoms with Gasteiger partial charge in [-0.05, 0) is 37.3 Å². The summed E-state index contributed by atoms with van der Waals surface area (Å²) in [5, 5.41) is 21.8. The first-order valence-corrected chi connectivity index (χ1v) is 6.59. The Balaban J connectivity index is 2.35. The maximum Gasteiger partial charge on any atom is 0.279 e. The van der Waals surface area contributed by atoms with Crippen molar-refractivity contribution in [3.8, 4) is 0 Å². The number of nitro groups is 2. The number of benzene rings is 1. The highest BCUT2D eigenvalue weighted by atomic mass is 16.6. The van der Waals surface area contributed by atoms with Crippen LogP contribution in [0.1, 0.15) is 31.2 Å². The largest absolute Gasteiger partial charge is 0.330 e. The van der Waals surface area contributed by atoms with E-state index >= 15 is 0 Å². The molecule has 0 aromatic heterocycles. The van der Waals surface area contributed by atoms with Crippen molar-refractivity contribution >= 4 is 11.4 Å². The Kier molecular flexibility index (Phi) is 3.99. The van der Waals surface area contributed by atoms with Crippen molar-refractivity contribution in [2.75, 3.05) is 6.54 Å². The molecule has 1 saturated carbocycles. The monoisotopic (exact) mass is 279 g/mol. The van der Waals surface area contributed by atoms with Crippen LogP contribution < -0.4 is 5.73 Å². The van der Waals surface area contributed by atoms with Gasteiger partial charge in [-0.25, -0.2) is 0 Å². The number of nitrogens with zero attached hydrogens (tertiary/aromatic N) is 2. The molecule has 1 aromatic carbocycles. The van der Waals surface area contributed by atoms with E-state index in [2.05, 4.69) is 0 Å². The van der Waals surface area contributed by atoms with Crippen LogP contribution in [0.2, 0.25) is 0 Å². The van der Waals surface area contributed by atoms with Crippen molar-refractivity contribution < 1.29 is 9.85 Å². The number of hydrogen-bond donors (Lipinski definition) is 1. The third-order valence-electron chi connectivity index (χ3n) is 4.14. The van der Waals surface area contributed by atoms with Gasteiger partial charge in [0.2, 0.25) is 0 Å². The molecule has 0 atom stereocenters. The summed E-state index contributed by atoms with van der Waals surface area (Å²) in [6, 6.07) is 3.85. The first-order chi connectivity index (χ1) is 9.47. The fourth-order valence-electron chi connectivity index (χ4n) is 2.97. The fraction of sp³-hybridized carbons (Fsp3) is 0.538. The summed E-state index contributed by atoms with van der Waals surface area (Å²) in [5.74, 6) is 0. The smallest absolute Gasteiger partial charge is 0.279 e. The van der Waals surface area contributed by atoms with Gasteiger partial charge in [0.25, 0.3) is 11.4 Å². The molecular weight excluding hydrogens is 262 g/mol. The van der Waals surface area contributed by atoms with E-state index in [1.165, 1.54) is 12.1 Å². The van der Waals surface area contributed by atoms with E-state index < -0.39 is 9.85 Å². The molecule has 0 spiro atoms. The Morgan fingerprint density at radius 1 is 1.15 bits per heavy atom. The van der Waals surface area contributed by atoms with Crippen LogP contribution in [0.4, 0.5) is 11.4 Å². The van der Waals surface area contributed by atoms with Crippen LogP contribution in [0, 0.1) is 25.6 Å². The van der Waals surface area contributed by atoms with Crippen molar-refractivity contribution in [1.82, 2.24) is 0 Å². The van der Waals surface area contributed by atoms with Gasteiger partial charge in [-0.1, -0.05) is 12.8 Å². The second kappa shape index (κ2) is 5.54. The topological polar surface area (TPSA) is 112 Å². The Labute approximate surface area is 116 Å². The highest BCUT2D eigenvalue weighted by Gasteiger charge is 2.35. The van der Waals surface area contributed by atoms with Crippen molar-refractivity contribution in [2.24, 2.45) is 11.1 Å². The molecule has 0 heterocycles. The molecule has 0 radical (unpaired) electrons. The number of hydrogen-bond acceptors (Lipinski definition) is 5. The third-order valence-corrected chi connectivity index (χ3v) is 4.14. The molecule has 20 heavy (non-hydrogen) atoms. The predicted octanol–water partition coefficient (Wildman–Crippen LogP) is 2.56. The molecule has 0 unspecified atom stereocenters. The normalized spacial score (nSPS) is 17.1. The quantitative estimate of drug-likeness (QED) is 0.657. The summed E-state index contributed by atoms with van der Waals surface area (Å²) in [7, 11) is 0. The average molecular weight is 279 g/mol. The van der Waals surface area contributed by atoms with E-state index in [0.29, 0.717) is 18.5 Å². The van der Waals surface area contributed by atoms with Gasteiger partial charge in [0.1, 0.15) is 0 Å². The fourth-order valence-corrected chi connectivity index (χ4v) is 2.97. The maximum absolute atomic E-state index is 11.1. The van der Waals surface area contributed by atoms with Crippen LogP contribution in [-0.2, 0) is 6.42 Å². The van der Waals surface area contributed by atoms with Gasteiger partial charge in [0.05, 0.1) is 15.9 Å². The molecule has 1 aliphatic rings. The molecule has 1 fully saturated rings. The van der Waals surface area contributed by atoms with Crippen molar-refractivity contribution in [3.05, 3.63) is 44.0 Å². The van der Waals surface area contributed by atoms with Gasteiger partial charge in [-0.15, -0.1) is 0 Å². The Hall–Kier alpha value is -2.02. The summed E-state index contributed by atoms with van der Waals surface area (Å²) >= 11 is 0. The maximum atomic E-state index is 11.1. The van der Waals surface area contributed by atoms with Gasteiger partial charge >= 0.3 is 0 Å². The number of nitrogens with two attached hydrogens (primary N) is 1. The van der Waals surface area contributed by atoms with Crippen molar-refractivity contribution in [3.63, 3.8) is 0 Å². The molecule has 1 aliphatic carbocycles. The second-order valence-electron chi connectivity index (χ2n) is 5.42. The molecule has 0 aliphatic heterocycles. The van der Waals surface area contributed by atoms with Gasteiger partial charge in [-0.3, -0.25) is 20.2 Å². The standard InChI is InChI=1S/C13H17N3O4/c14-9-13(5-1-2-6-13)8-10-3-4-11(15(17)18)7-12(10)16(19)20/h3-4,7H,1-2,5-6,8-9,14H2. The van der Waals surface area contributed by atoms with Crippen LogP contribution in [0.15, 0.2) is 18.2 Å². The van der Waals surface area contributed by atoms with E-state index in [1.54, 1.807) is 0 Å². The van der Waals surface area contributed by atoms with Crippen LogP contribution in [0.25, 0.3) is 0 Å². The highest BCUT2D eigenvalue weighted by Crippen LogP contribution is 2.41. The average Bonchev–Trinajstić information content (AvgIpc) is 2.88. The molecular formula is C13H17N3O4. The Bertz CT molecular complexity index is 538. The first kappa shape index (κ1) is 14.4. The van der Waals surface area contributed by atoms with E-state index in [0.717, 1.165) is 31.7 Å². The summed E-state index contributed by atoms with van der Waals surface area (Å²) < 4.78 is 0. The van der Waals surface area contributed by atoms with E-state index in [1.807, 2.05) is 0 Å². The summed E-state index contributed by atoms with van der Waals surface area (Å²) in [5.41, 5.74) is 5.84. The summed E-state index contributed by atoms with van der Waals surface area (Å²) in [6.45, 7) is 0.487. The molecule has 7 nitrogen and oxygen atoms in total. The second-order valence-corrected chi connectivity index (χ2v) is 5.42. The highest BCUT2D eigenvalue weighted by molar-refractivity contribution is 5.49. The lowest BCUT2D eigenvalue weighted by Crippen LogP contribution is -2.30. The first-order valence-electron chi connectivity index (χ1n) is 6.59. The molecule has 7 heteroatoms. The molecule has 0 saturated heterocycles. The van der Waals surface area contributed by atoms with Crippen LogP contribution in [-0.4, -0.2) is 16.4 Å². The zero-order valence-electron chi connectivity index (χ0n) is 11.1. The van der Waals surface area contributed by atoms with Gasteiger partial charge in [0.15, 0.2) is 0 Å². The SMILES string of the molecule is NCC1(Cc2ccc([N+](=O)[O-])cc2[N+](=O)[O-])CCCC1. The van der Waals surface area contributed by atoms with E-state index in [9.17, 15) is 20.2 Å². The lowest BCUT2D eigenvalue weighted by atomic mass is 9.80. The van der Waals surface area contributed by atoms with Gasteiger partial charge < -0.3 is 5.73 Å². The lowest BCUT2D eigenvalue weighted by molar-refractivity contribution is -0.394. The molecule has 2 rings (SSSR count). The Morgan fingerprint density at radius 3 is 2.30 bits per heavy atom. The minimum atomic E-state index is -0.620. The molecule has 0 bridgehead atoms. The van der Waals surface area contributed by atoms with Crippen LogP contribution in [0.5, 0.6) is 0 Å². The number of rotatable bonds is 5. The Morgan fingerprint density at radius 2 is 1.80 bits per heavy atom. The number of non-ortho nitro benzene ring substituents is 1. The minimum absolute atomic E-state index is 0.0963. The zero-order valence-corrected chi connectivity index (χ0v) is 11.1. The zero-order chi connectivity index (χ0) is 14.8. The van der Waals surface area contributed by atoms with Gasteiger partial charge in [-0.2, -0.15) is 0 Å². The van der Waals surface area contributed by atoms with Crippen LogP contribution >= 0.6 is 0 Å². The van der Waals surface area contributed by atoms with Crippen molar-refractivity contribution in [2.45, 2.75) is 32.1 Å². The van der Waals surface area contributed by atoms with E-state index in [4.69, 9.17) is 5.73 Å². The van der Waals surface area contributed by atoms with E-state index in [-0.39, 0.29) is 16.8 Å². The lowest BCUT2D eigenvalue weighted by Gasteiger charge is -2.26. The minimum Gasteiger partial charge on any atom is -0.330 e. The summed E-state index contributed by atoms with van der Waals surface area (Å²) in [6.07, 6.45) is 4.59. The molecule has 108 valence electrons.